The largest absolute Gasteiger partial charge is 0.405 e. The van der Waals surface area contributed by atoms with Crippen molar-refractivity contribution in [2.75, 3.05) is 6.61 Å². The summed E-state index contributed by atoms with van der Waals surface area (Å²) in [6.07, 6.45) is 1.54. The molecule has 0 saturated carbocycles. The number of hydrogen-bond acceptors (Lipinski definition) is 5. The van der Waals surface area contributed by atoms with Crippen LogP contribution in [0.4, 0.5) is 0 Å². The average Bonchev–Trinajstić information content (AvgIpc) is 3.34. The van der Waals surface area contributed by atoms with E-state index >= 15 is 0 Å². The van der Waals surface area contributed by atoms with Gasteiger partial charge in [0.25, 0.3) is 13.9 Å². The van der Waals surface area contributed by atoms with E-state index in [1.807, 2.05) is 30.3 Å². The minimum atomic E-state index is -2.74. The molecule has 0 aliphatic carbocycles. The molecule has 4 aromatic rings. The summed E-state index contributed by atoms with van der Waals surface area (Å²) in [7, 11) is -2.74. The minimum Gasteiger partial charge on any atom is -0.405 e. The summed E-state index contributed by atoms with van der Waals surface area (Å²) in [5, 5.41) is 2.23. The summed E-state index contributed by atoms with van der Waals surface area (Å²) in [6.45, 7) is 8.87. The highest BCUT2D eigenvalue weighted by atomic mass is 32.2. The van der Waals surface area contributed by atoms with Gasteiger partial charge in [0.05, 0.1) is 18.0 Å². The van der Waals surface area contributed by atoms with Gasteiger partial charge in [-0.3, -0.25) is 14.3 Å². The van der Waals surface area contributed by atoms with Crippen LogP contribution in [0.5, 0.6) is 0 Å². The smallest absolute Gasteiger partial charge is 0.330 e. The molecule has 1 saturated heterocycles. The summed E-state index contributed by atoms with van der Waals surface area (Å²) in [5.74, 6) is 0. The van der Waals surface area contributed by atoms with Crippen LogP contribution in [0.15, 0.2) is 112 Å². The SMILES string of the molecule is Cc1cn([C@H]2O[C@H](CO[Si](c3ccccc3)(c3ccccc3)C(C)(C)C)C[C@H]2Sc2ccccc2)c(=O)[nH]c1=O. The number of thioether (sulfide) groups is 1. The molecule has 8 heteroatoms. The molecule has 3 atom stereocenters. The van der Waals surface area contributed by atoms with Gasteiger partial charge in [-0.05, 0) is 40.9 Å². The van der Waals surface area contributed by atoms with Crippen LogP contribution in [-0.2, 0) is 9.16 Å². The first-order chi connectivity index (χ1) is 19.2. The Morgan fingerprint density at radius 1 is 0.925 bits per heavy atom. The molecule has 0 amide bonds. The number of rotatable bonds is 8. The van der Waals surface area contributed by atoms with E-state index in [0.717, 1.165) is 4.90 Å². The van der Waals surface area contributed by atoms with Crippen molar-refractivity contribution in [2.45, 2.75) is 61.6 Å². The third-order valence-electron chi connectivity index (χ3n) is 7.50. The van der Waals surface area contributed by atoms with E-state index in [0.29, 0.717) is 18.6 Å². The molecule has 0 spiro atoms. The van der Waals surface area contributed by atoms with Crippen LogP contribution < -0.4 is 21.6 Å². The van der Waals surface area contributed by atoms with Crippen molar-refractivity contribution in [3.05, 3.63) is 124 Å². The second-order valence-corrected chi connectivity index (χ2v) is 16.9. The monoisotopic (exact) mass is 572 g/mol. The molecule has 40 heavy (non-hydrogen) atoms. The maximum Gasteiger partial charge on any atom is 0.330 e. The zero-order valence-corrected chi connectivity index (χ0v) is 25.2. The third-order valence-corrected chi connectivity index (χ3v) is 13.8. The number of aryl methyl sites for hydroxylation is 1. The lowest BCUT2D eigenvalue weighted by Crippen LogP contribution is -2.67. The summed E-state index contributed by atoms with van der Waals surface area (Å²) in [4.78, 5) is 28.5. The van der Waals surface area contributed by atoms with Crippen LogP contribution in [0.25, 0.3) is 0 Å². The number of benzene rings is 3. The van der Waals surface area contributed by atoms with E-state index in [1.54, 1.807) is 24.9 Å². The summed E-state index contributed by atoms with van der Waals surface area (Å²) < 4.78 is 15.3. The Balaban J connectivity index is 1.49. The van der Waals surface area contributed by atoms with Gasteiger partial charge in [-0.15, -0.1) is 11.8 Å². The standard InChI is InChI=1S/C32H36N2O4SSi/c1-23-21-34(31(36)33-29(23)35)30-28(39-25-14-8-5-9-15-25)20-24(38-30)22-37-40(32(2,3)4,26-16-10-6-11-17-26)27-18-12-7-13-19-27/h5-19,21,24,28,30H,20,22H2,1-4H3,(H,33,35,36)/t24-,28+,30-/m0/s1. The number of aromatic amines is 1. The fourth-order valence-electron chi connectivity index (χ4n) is 5.60. The first-order valence-corrected chi connectivity index (χ1v) is 16.4. The number of H-pyrrole nitrogens is 1. The second kappa shape index (κ2) is 11.7. The van der Waals surface area contributed by atoms with Crippen LogP contribution in [0.2, 0.25) is 5.04 Å². The molecule has 1 N–H and O–H groups in total. The highest BCUT2D eigenvalue weighted by Crippen LogP contribution is 2.42. The molecule has 1 aromatic heterocycles. The van der Waals surface area contributed by atoms with Gasteiger partial charge in [-0.25, -0.2) is 4.79 Å². The Morgan fingerprint density at radius 2 is 1.48 bits per heavy atom. The molecule has 0 unspecified atom stereocenters. The highest BCUT2D eigenvalue weighted by Gasteiger charge is 2.51. The van der Waals surface area contributed by atoms with Gasteiger partial charge in [0, 0.05) is 16.7 Å². The molecule has 1 aliphatic rings. The van der Waals surface area contributed by atoms with E-state index in [2.05, 4.69) is 86.4 Å². The lowest BCUT2D eigenvalue weighted by molar-refractivity contribution is -0.0204. The van der Waals surface area contributed by atoms with Gasteiger partial charge >= 0.3 is 5.69 Å². The number of hydrogen-bond donors (Lipinski definition) is 1. The molecule has 1 fully saturated rings. The van der Waals surface area contributed by atoms with Crippen LogP contribution in [0, 0.1) is 6.92 Å². The van der Waals surface area contributed by atoms with Crippen molar-refractivity contribution in [1.29, 1.82) is 0 Å². The van der Waals surface area contributed by atoms with Crippen molar-refractivity contribution >= 4 is 30.5 Å². The van der Waals surface area contributed by atoms with Crippen molar-refractivity contribution in [3.63, 3.8) is 0 Å². The van der Waals surface area contributed by atoms with Crippen LogP contribution in [-0.4, -0.2) is 35.8 Å². The molecular formula is C32H36N2O4SSi. The Morgan fingerprint density at radius 3 is 2.02 bits per heavy atom. The molecular weight excluding hydrogens is 537 g/mol. The van der Waals surface area contributed by atoms with Crippen molar-refractivity contribution < 1.29 is 9.16 Å². The first-order valence-electron chi connectivity index (χ1n) is 13.6. The van der Waals surface area contributed by atoms with Gasteiger partial charge in [0.1, 0.15) is 0 Å². The third kappa shape index (κ3) is 5.67. The fraction of sp³-hybridized carbons (Fsp3) is 0.312. The molecule has 3 aromatic carbocycles. The van der Waals surface area contributed by atoms with Gasteiger partial charge in [-0.1, -0.05) is 99.6 Å². The second-order valence-electron chi connectivity index (χ2n) is 11.3. The Labute approximate surface area is 240 Å². The highest BCUT2D eigenvalue weighted by molar-refractivity contribution is 8.00. The number of aromatic nitrogens is 2. The molecule has 2 heterocycles. The lowest BCUT2D eigenvalue weighted by atomic mass is 10.2. The Hall–Kier alpha value is -3.17. The van der Waals surface area contributed by atoms with E-state index < -0.39 is 20.2 Å². The van der Waals surface area contributed by atoms with Gasteiger partial charge in [0.15, 0.2) is 6.23 Å². The predicted molar refractivity (Wildman–Crippen MR) is 164 cm³/mol. The van der Waals surface area contributed by atoms with Gasteiger partial charge < -0.3 is 9.16 Å². The van der Waals surface area contributed by atoms with Gasteiger partial charge in [0.2, 0.25) is 0 Å². The summed E-state index contributed by atoms with van der Waals surface area (Å²) in [5.41, 5.74) is -0.371. The molecule has 208 valence electrons. The molecule has 0 radical (unpaired) electrons. The van der Waals surface area contributed by atoms with Gasteiger partial charge in [-0.2, -0.15) is 0 Å². The zero-order chi connectivity index (χ0) is 28.3. The molecule has 6 nitrogen and oxygen atoms in total. The minimum absolute atomic E-state index is 0.0434. The molecule has 0 bridgehead atoms. The van der Waals surface area contributed by atoms with Crippen molar-refractivity contribution in [1.82, 2.24) is 9.55 Å². The van der Waals surface area contributed by atoms with Crippen LogP contribution >= 0.6 is 11.8 Å². The molecule has 1 aliphatic heterocycles. The Kier molecular flexibility index (Phi) is 8.33. The fourth-order valence-corrected chi connectivity index (χ4v) is 11.5. The van der Waals surface area contributed by atoms with E-state index in [-0.39, 0.29) is 22.0 Å². The average molecular weight is 573 g/mol. The summed E-state index contributed by atoms with van der Waals surface area (Å²) in [6, 6.07) is 31.2. The Bertz CT molecular complexity index is 1500. The quantitative estimate of drug-likeness (QED) is 0.305. The van der Waals surface area contributed by atoms with Crippen molar-refractivity contribution in [2.24, 2.45) is 0 Å². The van der Waals surface area contributed by atoms with Crippen LogP contribution in [0.3, 0.4) is 0 Å². The summed E-state index contributed by atoms with van der Waals surface area (Å²) >= 11 is 1.69. The molecule has 5 rings (SSSR count). The van der Waals surface area contributed by atoms with E-state index in [1.165, 1.54) is 14.9 Å². The van der Waals surface area contributed by atoms with E-state index in [4.69, 9.17) is 9.16 Å². The zero-order valence-electron chi connectivity index (χ0n) is 23.4. The maximum absolute atomic E-state index is 12.9. The van der Waals surface area contributed by atoms with E-state index in [9.17, 15) is 9.59 Å². The lowest BCUT2D eigenvalue weighted by Gasteiger charge is -2.43. The number of nitrogens with one attached hydrogen (secondary N) is 1. The predicted octanol–water partition coefficient (Wildman–Crippen LogP) is 4.87. The van der Waals surface area contributed by atoms with Crippen molar-refractivity contribution in [3.8, 4) is 0 Å². The normalized spacial score (nSPS) is 19.6. The topological polar surface area (TPSA) is 73.3 Å². The first kappa shape index (κ1) is 28.4. The van der Waals surface area contributed by atoms with Crippen LogP contribution in [0.1, 0.15) is 39.0 Å². The maximum atomic E-state index is 12.9. The number of ether oxygens (including phenoxy) is 1. The number of nitrogens with zero attached hydrogens (tertiary/aromatic N) is 1.